The standard InChI is InChI=1S/C15H16ClNOS/c1-11(14-7-4-10-19-14)17-15(18)9-8-12-5-2-3-6-13(12)16/h2-7,10-11H,8-9H2,1H3,(H,17,18). The third-order valence-corrected chi connectivity index (χ3v) is 4.35. The highest BCUT2D eigenvalue weighted by atomic mass is 35.5. The highest BCUT2D eigenvalue weighted by Gasteiger charge is 2.10. The van der Waals surface area contributed by atoms with Gasteiger partial charge in [-0.25, -0.2) is 0 Å². The van der Waals surface area contributed by atoms with Crippen LogP contribution in [0, 0.1) is 0 Å². The molecule has 0 saturated heterocycles. The molecule has 1 unspecified atom stereocenters. The fourth-order valence-corrected chi connectivity index (χ4v) is 2.84. The molecule has 0 aliphatic carbocycles. The average Bonchev–Trinajstić information content (AvgIpc) is 2.91. The lowest BCUT2D eigenvalue weighted by atomic mass is 10.1. The second kappa shape index (κ2) is 6.73. The Morgan fingerprint density at radius 1 is 1.32 bits per heavy atom. The Morgan fingerprint density at radius 2 is 2.11 bits per heavy atom. The average molecular weight is 294 g/mol. The van der Waals surface area contributed by atoms with Crippen LogP contribution in [-0.4, -0.2) is 5.91 Å². The number of aryl methyl sites for hydroxylation is 1. The van der Waals surface area contributed by atoms with Gasteiger partial charge in [0.05, 0.1) is 6.04 Å². The van der Waals surface area contributed by atoms with Gasteiger partial charge in [-0.15, -0.1) is 11.3 Å². The molecule has 1 heterocycles. The molecule has 4 heteroatoms. The van der Waals surface area contributed by atoms with Gasteiger partial charge >= 0.3 is 0 Å². The summed E-state index contributed by atoms with van der Waals surface area (Å²) < 4.78 is 0. The van der Waals surface area contributed by atoms with Crippen molar-refractivity contribution in [2.45, 2.75) is 25.8 Å². The van der Waals surface area contributed by atoms with Crippen LogP contribution in [0.2, 0.25) is 5.02 Å². The minimum absolute atomic E-state index is 0.0563. The zero-order valence-corrected chi connectivity index (χ0v) is 12.3. The first-order valence-electron chi connectivity index (χ1n) is 6.23. The van der Waals surface area contributed by atoms with Crippen LogP contribution in [-0.2, 0) is 11.2 Å². The Morgan fingerprint density at radius 3 is 2.79 bits per heavy atom. The van der Waals surface area contributed by atoms with E-state index in [-0.39, 0.29) is 11.9 Å². The number of hydrogen-bond acceptors (Lipinski definition) is 2. The van der Waals surface area contributed by atoms with Crippen molar-refractivity contribution < 1.29 is 4.79 Å². The maximum Gasteiger partial charge on any atom is 0.220 e. The maximum absolute atomic E-state index is 11.9. The lowest BCUT2D eigenvalue weighted by molar-refractivity contribution is -0.121. The van der Waals surface area contributed by atoms with E-state index in [1.807, 2.05) is 48.7 Å². The normalized spacial score (nSPS) is 12.1. The van der Waals surface area contributed by atoms with Crippen LogP contribution in [0.3, 0.4) is 0 Å². The molecule has 19 heavy (non-hydrogen) atoms. The fraction of sp³-hybridized carbons (Fsp3) is 0.267. The van der Waals surface area contributed by atoms with Crippen molar-refractivity contribution in [2.24, 2.45) is 0 Å². The Bertz CT molecular complexity index is 539. The second-order valence-corrected chi connectivity index (χ2v) is 5.78. The molecule has 2 rings (SSSR count). The molecule has 1 atom stereocenters. The lowest BCUT2D eigenvalue weighted by Crippen LogP contribution is -2.26. The van der Waals surface area contributed by atoms with E-state index >= 15 is 0 Å². The largest absolute Gasteiger partial charge is 0.349 e. The first-order chi connectivity index (χ1) is 9.16. The van der Waals surface area contributed by atoms with Crippen LogP contribution < -0.4 is 5.32 Å². The summed E-state index contributed by atoms with van der Waals surface area (Å²) >= 11 is 7.72. The molecule has 2 aromatic rings. The van der Waals surface area contributed by atoms with Crippen molar-refractivity contribution >= 4 is 28.8 Å². The van der Waals surface area contributed by atoms with Crippen LogP contribution in [0.1, 0.15) is 29.8 Å². The van der Waals surface area contributed by atoms with Crippen LogP contribution in [0.25, 0.3) is 0 Å². The topological polar surface area (TPSA) is 29.1 Å². The second-order valence-electron chi connectivity index (χ2n) is 4.40. The van der Waals surface area contributed by atoms with E-state index in [1.165, 1.54) is 4.88 Å². The number of halogens is 1. The quantitative estimate of drug-likeness (QED) is 0.879. The summed E-state index contributed by atoms with van der Waals surface area (Å²) in [4.78, 5) is 13.1. The van der Waals surface area contributed by atoms with Gasteiger partial charge < -0.3 is 5.32 Å². The number of carbonyl (C=O) groups excluding carboxylic acids is 1. The molecular weight excluding hydrogens is 278 g/mol. The summed E-state index contributed by atoms with van der Waals surface area (Å²) in [7, 11) is 0. The number of rotatable bonds is 5. The van der Waals surface area contributed by atoms with Crippen LogP contribution in [0.15, 0.2) is 41.8 Å². The zero-order chi connectivity index (χ0) is 13.7. The van der Waals surface area contributed by atoms with Gasteiger partial charge in [0.15, 0.2) is 0 Å². The molecule has 1 N–H and O–H groups in total. The molecule has 1 amide bonds. The van der Waals surface area contributed by atoms with Crippen molar-refractivity contribution in [1.29, 1.82) is 0 Å². The summed E-state index contributed by atoms with van der Waals surface area (Å²) in [5.41, 5.74) is 1.02. The predicted octanol–water partition coefficient (Wildman–Crippen LogP) is 4.21. The first kappa shape index (κ1) is 14.1. The molecule has 100 valence electrons. The Kier molecular flexibility index (Phi) is 5.00. The number of thiophene rings is 1. The molecule has 0 radical (unpaired) electrons. The third kappa shape index (κ3) is 4.08. The van der Waals surface area contributed by atoms with Crippen molar-refractivity contribution in [2.75, 3.05) is 0 Å². The number of nitrogens with one attached hydrogen (secondary N) is 1. The van der Waals surface area contributed by atoms with Crippen molar-refractivity contribution in [3.05, 3.63) is 57.2 Å². The molecule has 1 aromatic heterocycles. The van der Waals surface area contributed by atoms with Gasteiger partial charge in [-0.1, -0.05) is 35.9 Å². The van der Waals surface area contributed by atoms with E-state index in [1.54, 1.807) is 11.3 Å². The highest BCUT2D eigenvalue weighted by molar-refractivity contribution is 7.10. The monoisotopic (exact) mass is 293 g/mol. The number of benzene rings is 1. The smallest absolute Gasteiger partial charge is 0.220 e. The van der Waals surface area contributed by atoms with Crippen LogP contribution in [0.5, 0.6) is 0 Å². The van der Waals surface area contributed by atoms with Crippen LogP contribution >= 0.6 is 22.9 Å². The SMILES string of the molecule is CC(NC(=O)CCc1ccccc1Cl)c1cccs1. The van der Waals surface area contributed by atoms with E-state index in [4.69, 9.17) is 11.6 Å². The summed E-state index contributed by atoms with van der Waals surface area (Å²) in [6.45, 7) is 2.00. The van der Waals surface area contributed by atoms with Gasteiger partial charge in [-0.05, 0) is 36.4 Å². The van der Waals surface area contributed by atoms with Gasteiger partial charge in [-0.2, -0.15) is 0 Å². The maximum atomic E-state index is 11.9. The molecular formula is C15H16ClNOS. The minimum Gasteiger partial charge on any atom is -0.349 e. The molecule has 2 nitrogen and oxygen atoms in total. The molecule has 0 bridgehead atoms. The number of carbonyl (C=O) groups is 1. The van der Waals surface area contributed by atoms with Gasteiger partial charge in [0.2, 0.25) is 5.91 Å². The van der Waals surface area contributed by atoms with E-state index in [2.05, 4.69) is 5.32 Å². The fourth-order valence-electron chi connectivity index (χ4n) is 1.87. The van der Waals surface area contributed by atoms with Crippen molar-refractivity contribution in [1.82, 2.24) is 5.32 Å². The molecule has 0 saturated carbocycles. The lowest BCUT2D eigenvalue weighted by Gasteiger charge is -2.12. The van der Waals surface area contributed by atoms with E-state index in [0.717, 1.165) is 10.6 Å². The Balaban J connectivity index is 1.84. The molecule has 0 fully saturated rings. The number of hydrogen-bond donors (Lipinski definition) is 1. The van der Waals surface area contributed by atoms with Gasteiger partial charge in [0.25, 0.3) is 0 Å². The predicted molar refractivity (Wildman–Crippen MR) is 80.6 cm³/mol. The molecule has 0 aliphatic rings. The van der Waals surface area contributed by atoms with Crippen molar-refractivity contribution in [3.8, 4) is 0 Å². The first-order valence-corrected chi connectivity index (χ1v) is 7.49. The summed E-state index contributed by atoms with van der Waals surface area (Å²) in [6, 6.07) is 11.7. The summed E-state index contributed by atoms with van der Waals surface area (Å²) in [5.74, 6) is 0.0563. The Labute approximate surface area is 122 Å². The molecule has 0 aliphatic heterocycles. The van der Waals surface area contributed by atoms with Gasteiger partial charge in [0.1, 0.15) is 0 Å². The zero-order valence-electron chi connectivity index (χ0n) is 10.7. The highest BCUT2D eigenvalue weighted by Crippen LogP contribution is 2.19. The van der Waals surface area contributed by atoms with E-state index < -0.39 is 0 Å². The summed E-state index contributed by atoms with van der Waals surface area (Å²) in [6.07, 6.45) is 1.13. The molecule has 0 spiro atoms. The number of amides is 1. The third-order valence-electron chi connectivity index (χ3n) is 2.93. The van der Waals surface area contributed by atoms with Gasteiger partial charge in [-0.3, -0.25) is 4.79 Å². The summed E-state index contributed by atoms with van der Waals surface area (Å²) in [5, 5.41) is 5.74. The van der Waals surface area contributed by atoms with E-state index in [0.29, 0.717) is 12.8 Å². The minimum atomic E-state index is 0.0563. The van der Waals surface area contributed by atoms with Gasteiger partial charge in [0, 0.05) is 16.3 Å². The molecule has 1 aromatic carbocycles. The van der Waals surface area contributed by atoms with Crippen molar-refractivity contribution in [3.63, 3.8) is 0 Å². The van der Waals surface area contributed by atoms with E-state index in [9.17, 15) is 4.79 Å². The van der Waals surface area contributed by atoms with Crippen LogP contribution in [0.4, 0.5) is 0 Å². The Hall–Kier alpha value is -1.32.